The lowest BCUT2D eigenvalue weighted by Gasteiger charge is -2.50. The first-order chi connectivity index (χ1) is 16.0. The van der Waals surface area contributed by atoms with Crippen LogP contribution < -0.4 is 4.90 Å². The molecule has 0 spiro atoms. The number of carboxylic acids is 1. The van der Waals surface area contributed by atoms with Crippen molar-refractivity contribution in [2.24, 2.45) is 5.92 Å². The Hall–Kier alpha value is -3.15. The average Bonchev–Trinajstić information content (AvgIpc) is 3.30. The zero-order chi connectivity index (χ0) is 23.1. The number of non-ortho nitro benzene ring substituents is 1. The van der Waals surface area contributed by atoms with Crippen molar-refractivity contribution in [3.8, 4) is 0 Å². The molecule has 0 bridgehead atoms. The summed E-state index contributed by atoms with van der Waals surface area (Å²) in [6.07, 6.45) is 10.8. The maximum absolute atomic E-state index is 12.0. The molecule has 4 atom stereocenters. The Morgan fingerprint density at radius 2 is 2.03 bits per heavy atom. The molecule has 2 aromatic rings. The van der Waals surface area contributed by atoms with Gasteiger partial charge in [0.2, 0.25) is 0 Å². The summed E-state index contributed by atoms with van der Waals surface area (Å²) in [6.45, 7) is 3.09. The van der Waals surface area contributed by atoms with Crippen LogP contribution >= 0.6 is 0 Å². The second kappa shape index (κ2) is 8.65. The predicted molar refractivity (Wildman–Crippen MR) is 128 cm³/mol. The number of allylic oxidation sites excluding steroid dienone is 2. The van der Waals surface area contributed by atoms with Crippen LogP contribution in [-0.4, -0.2) is 22.5 Å². The number of nitro groups is 1. The molecule has 2 heterocycles. The van der Waals surface area contributed by atoms with E-state index in [1.54, 1.807) is 18.2 Å². The van der Waals surface area contributed by atoms with Crippen LogP contribution in [0.25, 0.3) is 0 Å². The number of hydrogen-bond donors (Lipinski definition) is 1. The van der Waals surface area contributed by atoms with E-state index in [1.807, 2.05) is 18.2 Å². The molecule has 6 heteroatoms. The number of fused-ring (bicyclic) bond motifs is 2. The highest BCUT2D eigenvalue weighted by atomic mass is 16.6. The van der Waals surface area contributed by atoms with Gasteiger partial charge in [-0.25, -0.2) is 4.79 Å². The molecule has 0 amide bonds. The standard InChI is InChI=1S/C27H30N2O4/c1-2-3-4-7-17-12-13-28-25(18-8-5-9-20(14-18)29(32)33)22-11-6-10-21(22)24-16-19(27(30)31)15-23(17)26(24)28/h5-6,8-10,14-17,21-22,25H,2-4,7,11-13H2,1H3,(H,30,31). The molecule has 6 nitrogen and oxygen atoms in total. The van der Waals surface area contributed by atoms with E-state index in [0.717, 1.165) is 55.3 Å². The van der Waals surface area contributed by atoms with Gasteiger partial charge >= 0.3 is 5.97 Å². The van der Waals surface area contributed by atoms with E-state index < -0.39 is 5.97 Å². The van der Waals surface area contributed by atoms with Crippen molar-refractivity contribution in [3.05, 3.63) is 80.9 Å². The number of carboxylic acid groups (broad SMARTS) is 1. The van der Waals surface area contributed by atoms with Crippen molar-refractivity contribution in [2.45, 2.75) is 63.3 Å². The zero-order valence-electron chi connectivity index (χ0n) is 18.9. The highest BCUT2D eigenvalue weighted by molar-refractivity contribution is 5.90. The fourth-order valence-electron chi connectivity index (χ4n) is 6.29. The maximum atomic E-state index is 12.0. The molecule has 1 aliphatic carbocycles. The lowest BCUT2D eigenvalue weighted by Crippen LogP contribution is -2.43. The van der Waals surface area contributed by atoms with Gasteiger partial charge in [0.1, 0.15) is 0 Å². The van der Waals surface area contributed by atoms with Gasteiger partial charge in [-0.3, -0.25) is 10.1 Å². The molecule has 33 heavy (non-hydrogen) atoms. The number of rotatable bonds is 7. The van der Waals surface area contributed by atoms with E-state index in [-0.39, 0.29) is 28.5 Å². The van der Waals surface area contributed by atoms with Crippen molar-refractivity contribution in [2.75, 3.05) is 11.4 Å². The quantitative estimate of drug-likeness (QED) is 0.225. The van der Waals surface area contributed by atoms with Crippen LogP contribution in [-0.2, 0) is 0 Å². The Bertz CT molecular complexity index is 1130. The summed E-state index contributed by atoms with van der Waals surface area (Å²) in [7, 11) is 0. The van der Waals surface area contributed by atoms with Gasteiger partial charge in [0, 0.05) is 30.3 Å². The fourth-order valence-corrected chi connectivity index (χ4v) is 6.29. The van der Waals surface area contributed by atoms with Gasteiger partial charge in [0.15, 0.2) is 0 Å². The number of nitro benzene ring substituents is 1. The predicted octanol–water partition coefficient (Wildman–Crippen LogP) is 6.58. The van der Waals surface area contributed by atoms with E-state index in [1.165, 1.54) is 12.1 Å². The summed E-state index contributed by atoms with van der Waals surface area (Å²) in [4.78, 5) is 25.6. The molecule has 172 valence electrons. The molecule has 5 rings (SSSR count). The van der Waals surface area contributed by atoms with Crippen LogP contribution in [0.1, 0.15) is 90.4 Å². The minimum Gasteiger partial charge on any atom is -0.478 e. The third kappa shape index (κ3) is 3.71. The third-order valence-corrected chi connectivity index (χ3v) is 7.75. The Morgan fingerprint density at radius 3 is 2.79 bits per heavy atom. The van der Waals surface area contributed by atoms with Gasteiger partial charge in [0.25, 0.3) is 5.69 Å². The van der Waals surface area contributed by atoms with Crippen LogP contribution in [0.5, 0.6) is 0 Å². The highest BCUT2D eigenvalue weighted by Crippen LogP contribution is 2.57. The van der Waals surface area contributed by atoms with Crippen molar-refractivity contribution in [1.82, 2.24) is 0 Å². The molecule has 0 aromatic heterocycles. The number of unbranched alkanes of at least 4 members (excludes halogenated alkanes) is 2. The Kier molecular flexibility index (Phi) is 5.69. The van der Waals surface area contributed by atoms with E-state index in [4.69, 9.17) is 0 Å². The Balaban J connectivity index is 1.65. The number of hydrogen-bond acceptors (Lipinski definition) is 4. The smallest absolute Gasteiger partial charge is 0.335 e. The van der Waals surface area contributed by atoms with E-state index in [0.29, 0.717) is 11.5 Å². The SMILES string of the molecule is CCCCCC1CCN2c3c1cc(C(=O)O)cc3C1C=CCC1C2c1cccc([N+](=O)[O-])c1. The first kappa shape index (κ1) is 21.7. The van der Waals surface area contributed by atoms with E-state index >= 15 is 0 Å². The number of carbonyl (C=O) groups is 1. The summed E-state index contributed by atoms with van der Waals surface area (Å²) in [5.41, 5.74) is 4.92. The maximum Gasteiger partial charge on any atom is 0.335 e. The van der Waals surface area contributed by atoms with Gasteiger partial charge in [-0.05, 0) is 59.9 Å². The summed E-state index contributed by atoms with van der Waals surface area (Å²) in [5, 5.41) is 21.3. The van der Waals surface area contributed by atoms with Crippen molar-refractivity contribution in [1.29, 1.82) is 0 Å². The number of nitrogens with zero attached hydrogens (tertiary/aromatic N) is 2. The second-order valence-electron chi connectivity index (χ2n) is 9.63. The van der Waals surface area contributed by atoms with Crippen LogP contribution in [0.3, 0.4) is 0 Å². The Morgan fingerprint density at radius 1 is 1.21 bits per heavy atom. The molecule has 4 unspecified atom stereocenters. The van der Waals surface area contributed by atoms with Crippen molar-refractivity contribution >= 4 is 17.3 Å². The third-order valence-electron chi connectivity index (χ3n) is 7.75. The second-order valence-corrected chi connectivity index (χ2v) is 9.63. The lowest BCUT2D eigenvalue weighted by molar-refractivity contribution is -0.384. The molecular weight excluding hydrogens is 416 g/mol. The van der Waals surface area contributed by atoms with Crippen LogP contribution in [0.4, 0.5) is 11.4 Å². The van der Waals surface area contributed by atoms with Gasteiger partial charge in [-0.15, -0.1) is 0 Å². The Labute approximate surface area is 194 Å². The summed E-state index contributed by atoms with van der Waals surface area (Å²) in [5.74, 6) is -0.146. The monoisotopic (exact) mass is 446 g/mol. The first-order valence-electron chi connectivity index (χ1n) is 12.1. The molecular formula is C27H30N2O4. The topological polar surface area (TPSA) is 83.7 Å². The number of aromatic carboxylic acids is 1. The van der Waals surface area contributed by atoms with Crippen LogP contribution in [0, 0.1) is 16.0 Å². The molecule has 2 aliphatic heterocycles. The molecule has 1 N–H and O–H groups in total. The normalized spacial score (nSPS) is 24.9. The first-order valence-corrected chi connectivity index (χ1v) is 12.1. The minimum absolute atomic E-state index is 0.0448. The van der Waals surface area contributed by atoms with Crippen molar-refractivity contribution < 1.29 is 14.8 Å². The number of anilines is 1. The largest absolute Gasteiger partial charge is 0.478 e. The summed E-state index contributed by atoms with van der Waals surface area (Å²) < 4.78 is 0. The van der Waals surface area contributed by atoms with Crippen molar-refractivity contribution in [3.63, 3.8) is 0 Å². The summed E-state index contributed by atoms with van der Waals surface area (Å²) >= 11 is 0. The zero-order valence-corrected chi connectivity index (χ0v) is 18.9. The number of benzene rings is 2. The van der Waals surface area contributed by atoms with Gasteiger partial charge < -0.3 is 10.0 Å². The van der Waals surface area contributed by atoms with Gasteiger partial charge in [-0.1, -0.05) is 50.5 Å². The van der Waals surface area contributed by atoms with E-state index in [9.17, 15) is 20.0 Å². The molecule has 0 saturated carbocycles. The van der Waals surface area contributed by atoms with Crippen LogP contribution in [0.15, 0.2) is 48.6 Å². The van der Waals surface area contributed by atoms with Crippen LogP contribution in [0.2, 0.25) is 0 Å². The molecule has 3 aliphatic rings. The highest BCUT2D eigenvalue weighted by Gasteiger charge is 2.46. The minimum atomic E-state index is -0.877. The van der Waals surface area contributed by atoms with E-state index in [2.05, 4.69) is 24.0 Å². The lowest BCUT2D eigenvalue weighted by atomic mass is 9.71. The average molecular weight is 447 g/mol. The van der Waals surface area contributed by atoms with Gasteiger partial charge in [0.05, 0.1) is 16.5 Å². The molecule has 0 saturated heterocycles. The fraction of sp³-hybridized carbons (Fsp3) is 0.444. The summed E-state index contributed by atoms with van der Waals surface area (Å²) in [6, 6.07) is 10.9. The van der Waals surface area contributed by atoms with Gasteiger partial charge in [-0.2, -0.15) is 0 Å². The molecule has 0 radical (unpaired) electrons. The molecule has 0 fully saturated rings. The molecule has 2 aromatic carbocycles.